The van der Waals surface area contributed by atoms with Crippen LogP contribution in [0.5, 0.6) is 5.75 Å². The summed E-state index contributed by atoms with van der Waals surface area (Å²) in [7, 11) is 1.55. The van der Waals surface area contributed by atoms with Crippen LogP contribution in [0.2, 0.25) is 0 Å². The van der Waals surface area contributed by atoms with E-state index >= 15 is 0 Å². The minimum atomic E-state index is -0.751. The summed E-state index contributed by atoms with van der Waals surface area (Å²) >= 11 is 0. The van der Waals surface area contributed by atoms with Gasteiger partial charge in [-0.1, -0.05) is 42.5 Å². The summed E-state index contributed by atoms with van der Waals surface area (Å²) in [5.41, 5.74) is 1.17. The fourth-order valence-electron chi connectivity index (χ4n) is 3.32. The van der Waals surface area contributed by atoms with E-state index in [0.717, 1.165) is 0 Å². The third-order valence-electron chi connectivity index (χ3n) is 4.73. The highest BCUT2D eigenvalue weighted by Crippen LogP contribution is 2.39. The number of carbonyl (C=O) groups excluding carboxylic acids is 2. The Labute approximate surface area is 168 Å². The molecule has 1 fully saturated rings. The van der Waals surface area contributed by atoms with Gasteiger partial charge in [0.2, 0.25) is 0 Å². The van der Waals surface area contributed by atoms with Gasteiger partial charge in [-0.05, 0) is 17.7 Å². The van der Waals surface area contributed by atoms with E-state index < -0.39 is 17.7 Å². The fourth-order valence-corrected chi connectivity index (χ4v) is 3.32. The maximum Gasteiger partial charge on any atom is 0.295 e. The van der Waals surface area contributed by atoms with Crippen molar-refractivity contribution in [1.29, 1.82) is 0 Å². The van der Waals surface area contributed by atoms with Crippen molar-refractivity contribution in [3.63, 3.8) is 0 Å². The number of Topliss-reactive ketones (excluding diaryl/α,β-unsaturated/α-hetero) is 1. The molecule has 152 valence electrons. The van der Waals surface area contributed by atoms with E-state index in [-0.39, 0.29) is 37.7 Å². The largest absolute Gasteiger partial charge is 0.507 e. The summed E-state index contributed by atoms with van der Waals surface area (Å²) in [5, 5.41) is 19.7. The Kier molecular flexibility index (Phi) is 6.64. The molecule has 1 saturated heterocycles. The standard InChI is InChI=1S/C22H23NO6/c1-28-17-9-7-15(8-10-17)19-18(20(25)16-5-3-2-4-6-16)21(26)22(27)23(19)11-13-29-14-12-24/h2-10,19,24-25H,11-14H2,1H3. The molecule has 1 amide bonds. The smallest absolute Gasteiger partial charge is 0.295 e. The summed E-state index contributed by atoms with van der Waals surface area (Å²) in [6.07, 6.45) is 0. The molecular formula is C22H23NO6. The molecule has 1 heterocycles. The Morgan fingerprint density at radius 2 is 1.72 bits per heavy atom. The van der Waals surface area contributed by atoms with Gasteiger partial charge in [0.15, 0.2) is 0 Å². The van der Waals surface area contributed by atoms with Crippen molar-refractivity contribution in [2.24, 2.45) is 0 Å². The molecule has 3 rings (SSSR count). The van der Waals surface area contributed by atoms with Gasteiger partial charge in [-0.2, -0.15) is 0 Å². The number of benzene rings is 2. The molecular weight excluding hydrogens is 374 g/mol. The molecule has 0 radical (unpaired) electrons. The minimum absolute atomic E-state index is 0.0357. The van der Waals surface area contributed by atoms with Gasteiger partial charge in [0.1, 0.15) is 11.5 Å². The van der Waals surface area contributed by atoms with Crippen LogP contribution in [0.15, 0.2) is 60.2 Å². The highest BCUT2D eigenvalue weighted by molar-refractivity contribution is 6.46. The average molecular weight is 397 g/mol. The number of hydrogen-bond acceptors (Lipinski definition) is 6. The lowest BCUT2D eigenvalue weighted by Gasteiger charge is -2.25. The van der Waals surface area contributed by atoms with Gasteiger partial charge in [0, 0.05) is 12.1 Å². The number of aliphatic hydroxyl groups is 2. The van der Waals surface area contributed by atoms with Crippen LogP contribution in [0.4, 0.5) is 0 Å². The first kappa shape index (κ1) is 20.6. The topological polar surface area (TPSA) is 96.3 Å². The highest BCUT2D eigenvalue weighted by Gasteiger charge is 2.45. The van der Waals surface area contributed by atoms with Crippen molar-refractivity contribution in [3.05, 3.63) is 71.3 Å². The Hall–Kier alpha value is -3.16. The molecule has 2 N–H and O–H groups in total. The quantitative estimate of drug-likeness (QED) is 0.307. The molecule has 0 aliphatic carbocycles. The highest BCUT2D eigenvalue weighted by atomic mass is 16.5. The van der Waals surface area contributed by atoms with Crippen LogP contribution in [0.3, 0.4) is 0 Å². The molecule has 7 nitrogen and oxygen atoms in total. The van der Waals surface area contributed by atoms with E-state index in [2.05, 4.69) is 0 Å². The number of nitrogens with zero attached hydrogens (tertiary/aromatic N) is 1. The van der Waals surface area contributed by atoms with Gasteiger partial charge in [-0.15, -0.1) is 0 Å². The lowest BCUT2D eigenvalue weighted by molar-refractivity contribution is -0.140. The van der Waals surface area contributed by atoms with E-state index in [4.69, 9.17) is 14.6 Å². The number of ether oxygens (including phenoxy) is 2. The fraction of sp³-hybridized carbons (Fsp3) is 0.273. The number of aliphatic hydroxyl groups excluding tert-OH is 2. The molecule has 1 atom stereocenters. The Balaban J connectivity index is 2.04. The van der Waals surface area contributed by atoms with Gasteiger partial charge in [-0.3, -0.25) is 9.59 Å². The van der Waals surface area contributed by atoms with E-state index in [0.29, 0.717) is 16.9 Å². The second-order valence-electron chi connectivity index (χ2n) is 6.47. The molecule has 2 aromatic rings. The number of likely N-dealkylation sites (tertiary alicyclic amines) is 1. The summed E-state index contributed by atoms with van der Waals surface area (Å²) in [6, 6.07) is 14.9. The summed E-state index contributed by atoms with van der Waals surface area (Å²) in [5.74, 6) is -1.02. The summed E-state index contributed by atoms with van der Waals surface area (Å²) in [4.78, 5) is 26.9. The molecule has 1 aliphatic rings. The van der Waals surface area contributed by atoms with Crippen molar-refractivity contribution in [2.75, 3.05) is 33.5 Å². The predicted octanol–water partition coefficient (Wildman–Crippen LogP) is 2.13. The van der Waals surface area contributed by atoms with E-state index in [9.17, 15) is 14.7 Å². The van der Waals surface area contributed by atoms with Gasteiger partial charge >= 0.3 is 0 Å². The van der Waals surface area contributed by atoms with Gasteiger partial charge in [-0.25, -0.2) is 0 Å². The average Bonchev–Trinajstić information content (AvgIpc) is 3.01. The lowest BCUT2D eigenvalue weighted by Crippen LogP contribution is -2.33. The first-order chi connectivity index (χ1) is 14.1. The molecule has 0 saturated carbocycles. The number of methoxy groups -OCH3 is 1. The van der Waals surface area contributed by atoms with Crippen molar-refractivity contribution in [3.8, 4) is 5.75 Å². The second-order valence-corrected chi connectivity index (χ2v) is 6.47. The van der Waals surface area contributed by atoms with Crippen LogP contribution in [0.25, 0.3) is 5.76 Å². The van der Waals surface area contributed by atoms with Crippen LogP contribution in [0, 0.1) is 0 Å². The lowest BCUT2D eigenvalue weighted by atomic mass is 9.95. The van der Waals surface area contributed by atoms with Gasteiger partial charge < -0.3 is 24.6 Å². The first-order valence-electron chi connectivity index (χ1n) is 9.25. The van der Waals surface area contributed by atoms with Crippen LogP contribution in [-0.4, -0.2) is 60.3 Å². The Bertz CT molecular complexity index is 891. The molecule has 2 aromatic carbocycles. The van der Waals surface area contributed by atoms with Crippen LogP contribution >= 0.6 is 0 Å². The van der Waals surface area contributed by atoms with Crippen molar-refractivity contribution in [1.82, 2.24) is 4.90 Å². The minimum Gasteiger partial charge on any atom is -0.507 e. The monoisotopic (exact) mass is 397 g/mol. The van der Waals surface area contributed by atoms with E-state index in [1.807, 2.05) is 0 Å². The van der Waals surface area contributed by atoms with Crippen LogP contribution < -0.4 is 4.74 Å². The number of carbonyl (C=O) groups is 2. The Morgan fingerprint density at radius 3 is 2.34 bits per heavy atom. The third kappa shape index (κ3) is 4.31. The number of amides is 1. The number of hydrogen-bond donors (Lipinski definition) is 2. The molecule has 7 heteroatoms. The second kappa shape index (κ2) is 9.36. The van der Waals surface area contributed by atoms with Gasteiger partial charge in [0.25, 0.3) is 11.7 Å². The van der Waals surface area contributed by atoms with Gasteiger partial charge in [0.05, 0.1) is 38.5 Å². The molecule has 0 bridgehead atoms. The number of rotatable bonds is 8. The third-order valence-corrected chi connectivity index (χ3v) is 4.73. The van der Waals surface area contributed by atoms with Crippen LogP contribution in [0.1, 0.15) is 17.2 Å². The Morgan fingerprint density at radius 1 is 1.03 bits per heavy atom. The number of ketones is 1. The first-order valence-corrected chi connectivity index (χ1v) is 9.25. The maximum absolute atomic E-state index is 12.8. The zero-order chi connectivity index (χ0) is 20.8. The maximum atomic E-state index is 12.8. The summed E-state index contributed by atoms with van der Waals surface area (Å²) in [6.45, 7) is 0.314. The van der Waals surface area contributed by atoms with E-state index in [1.54, 1.807) is 61.7 Å². The van der Waals surface area contributed by atoms with E-state index in [1.165, 1.54) is 4.90 Å². The zero-order valence-electron chi connectivity index (χ0n) is 16.1. The SMILES string of the molecule is COc1ccc(C2C(=C(O)c3ccccc3)C(=O)C(=O)N2CCOCCO)cc1. The molecule has 0 aromatic heterocycles. The normalized spacial score (nSPS) is 18.3. The van der Waals surface area contributed by atoms with Crippen LogP contribution in [-0.2, 0) is 14.3 Å². The predicted molar refractivity (Wildman–Crippen MR) is 106 cm³/mol. The molecule has 0 spiro atoms. The molecule has 1 aliphatic heterocycles. The molecule has 1 unspecified atom stereocenters. The van der Waals surface area contributed by atoms with Crippen molar-refractivity contribution in [2.45, 2.75) is 6.04 Å². The summed E-state index contributed by atoms with van der Waals surface area (Å²) < 4.78 is 10.5. The zero-order valence-corrected chi connectivity index (χ0v) is 16.1. The molecule has 29 heavy (non-hydrogen) atoms. The van der Waals surface area contributed by atoms with Crippen molar-refractivity contribution >= 4 is 17.4 Å². The van der Waals surface area contributed by atoms with Crippen molar-refractivity contribution < 1.29 is 29.3 Å².